The lowest BCUT2D eigenvalue weighted by Gasteiger charge is -2.12. The Bertz CT molecular complexity index is 392. The highest BCUT2D eigenvalue weighted by molar-refractivity contribution is 5.89. The van der Waals surface area contributed by atoms with Crippen molar-refractivity contribution in [2.24, 2.45) is 0 Å². The van der Waals surface area contributed by atoms with Gasteiger partial charge in [-0.1, -0.05) is 6.07 Å². The summed E-state index contributed by atoms with van der Waals surface area (Å²) in [6.07, 6.45) is 0.889. The van der Waals surface area contributed by atoms with E-state index in [9.17, 15) is 4.79 Å². The Kier molecular flexibility index (Phi) is 3.64. The summed E-state index contributed by atoms with van der Waals surface area (Å²) in [4.78, 5) is 11.7. The zero-order valence-electron chi connectivity index (χ0n) is 10.2. The minimum absolute atomic E-state index is 0.140. The van der Waals surface area contributed by atoms with E-state index in [0.29, 0.717) is 6.61 Å². The normalized spacial score (nSPS) is 19.1. The molecule has 1 aliphatic rings. The molecule has 1 saturated heterocycles. The lowest BCUT2D eigenvalue weighted by Crippen LogP contribution is -2.38. The van der Waals surface area contributed by atoms with Crippen molar-refractivity contribution >= 4 is 11.7 Å². The number of hydrogen-bond donors (Lipinski definition) is 2. The van der Waals surface area contributed by atoms with E-state index in [-0.39, 0.29) is 12.1 Å². The molecule has 1 fully saturated rings. The fraction of sp³-hybridized carbons (Fsp3) is 0.462. The minimum atomic E-state index is -0.162. The fourth-order valence-corrected chi connectivity index (χ4v) is 2.05. The van der Waals surface area contributed by atoms with E-state index in [1.54, 1.807) is 0 Å². The number of benzene rings is 1. The Morgan fingerprint density at radius 2 is 2.00 bits per heavy atom. The Morgan fingerprint density at radius 3 is 2.59 bits per heavy atom. The monoisotopic (exact) mass is 234 g/mol. The van der Waals surface area contributed by atoms with Crippen LogP contribution in [-0.2, 0) is 4.74 Å². The van der Waals surface area contributed by atoms with Gasteiger partial charge >= 0.3 is 6.03 Å². The predicted molar refractivity (Wildman–Crippen MR) is 67.3 cm³/mol. The molecule has 2 amide bonds. The van der Waals surface area contributed by atoms with Gasteiger partial charge in [-0.05, 0) is 43.5 Å². The van der Waals surface area contributed by atoms with Crippen molar-refractivity contribution in [1.29, 1.82) is 0 Å². The van der Waals surface area contributed by atoms with Gasteiger partial charge in [-0.2, -0.15) is 0 Å². The number of rotatable bonds is 2. The first-order chi connectivity index (χ1) is 8.13. The lowest BCUT2D eigenvalue weighted by atomic mass is 10.1. The van der Waals surface area contributed by atoms with Crippen LogP contribution < -0.4 is 10.6 Å². The first-order valence-electron chi connectivity index (χ1n) is 5.87. The third-order valence-electron chi connectivity index (χ3n) is 2.74. The topological polar surface area (TPSA) is 50.4 Å². The van der Waals surface area contributed by atoms with Gasteiger partial charge in [0, 0.05) is 12.3 Å². The Labute approximate surface area is 101 Å². The van der Waals surface area contributed by atoms with E-state index in [2.05, 4.69) is 16.7 Å². The molecule has 1 heterocycles. The van der Waals surface area contributed by atoms with Gasteiger partial charge in [-0.15, -0.1) is 0 Å². The number of aryl methyl sites for hydroxylation is 2. The molecule has 2 rings (SSSR count). The zero-order chi connectivity index (χ0) is 12.3. The van der Waals surface area contributed by atoms with Gasteiger partial charge < -0.3 is 15.4 Å². The highest BCUT2D eigenvalue weighted by Crippen LogP contribution is 2.13. The summed E-state index contributed by atoms with van der Waals surface area (Å²) in [5.74, 6) is 0. The van der Waals surface area contributed by atoms with Gasteiger partial charge in [-0.25, -0.2) is 4.79 Å². The molecular weight excluding hydrogens is 216 g/mol. The van der Waals surface area contributed by atoms with E-state index in [4.69, 9.17) is 4.74 Å². The summed E-state index contributed by atoms with van der Waals surface area (Å²) in [5, 5.41) is 5.74. The predicted octanol–water partition coefficient (Wildman–Crippen LogP) is 2.21. The molecular formula is C13H18N2O2. The molecule has 1 aromatic carbocycles. The van der Waals surface area contributed by atoms with Crippen molar-refractivity contribution < 1.29 is 9.53 Å². The van der Waals surface area contributed by atoms with Crippen LogP contribution in [-0.4, -0.2) is 25.3 Å². The van der Waals surface area contributed by atoms with Gasteiger partial charge in [0.05, 0.1) is 12.6 Å². The van der Waals surface area contributed by atoms with Gasteiger partial charge in [0.15, 0.2) is 0 Å². The van der Waals surface area contributed by atoms with Crippen molar-refractivity contribution in [3.05, 3.63) is 29.3 Å². The van der Waals surface area contributed by atoms with Gasteiger partial charge in [0.25, 0.3) is 0 Å². The SMILES string of the molecule is Cc1cc(C)cc(NC(=O)NC2CCOC2)c1. The van der Waals surface area contributed by atoms with Crippen molar-refractivity contribution in [2.75, 3.05) is 18.5 Å². The molecule has 1 unspecified atom stereocenters. The van der Waals surface area contributed by atoms with Crippen LogP contribution in [0.25, 0.3) is 0 Å². The number of amides is 2. The number of carbonyl (C=O) groups is 1. The highest BCUT2D eigenvalue weighted by Gasteiger charge is 2.17. The molecule has 4 nitrogen and oxygen atoms in total. The van der Waals surface area contributed by atoms with Crippen molar-refractivity contribution in [3.8, 4) is 0 Å². The average molecular weight is 234 g/mol. The molecule has 17 heavy (non-hydrogen) atoms. The van der Waals surface area contributed by atoms with Crippen molar-refractivity contribution in [2.45, 2.75) is 26.3 Å². The fourth-order valence-electron chi connectivity index (χ4n) is 2.05. The van der Waals surface area contributed by atoms with E-state index in [0.717, 1.165) is 29.8 Å². The quantitative estimate of drug-likeness (QED) is 0.824. The molecule has 1 aliphatic heterocycles. The molecule has 0 aliphatic carbocycles. The number of nitrogens with one attached hydrogen (secondary N) is 2. The molecule has 2 N–H and O–H groups in total. The molecule has 4 heteroatoms. The minimum Gasteiger partial charge on any atom is -0.379 e. The number of hydrogen-bond acceptors (Lipinski definition) is 2. The van der Waals surface area contributed by atoms with Gasteiger partial charge in [-0.3, -0.25) is 0 Å². The number of carbonyl (C=O) groups excluding carboxylic acids is 1. The Balaban J connectivity index is 1.92. The molecule has 0 bridgehead atoms. The molecule has 0 aromatic heterocycles. The summed E-state index contributed by atoms with van der Waals surface area (Å²) < 4.78 is 5.20. The van der Waals surface area contributed by atoms with E-state index >= 15 is 0 Å². The number of anilines is 1. The van der Waals surface area contributed by atoms with Gasteiger partial charge in [0.1, 0.15) is 0 Å². The third kappa shape index (κ3) is 3.46. The van der Waals surface area contributed by atoms with Crippen LogP contribution in [0.2, 0.25) is 0 Å². The van der Waals surface area contributed by atoms with E-state index in [1.165, 1.54) is 0 Å². The summed E-state index contributed by atoms with van der Waals surface area (Å²) in [6.45, 7) is 5.37. The average Bonchev–Trinajstić information content (AvgIpc) is 2.67. The number of ether oxygens (including phenoxy) is 1. The summed E-state index contributed by atoms with van der Waals surface area (Å²) in [5.41, 5.74) is 3.12. The van der Waals surface area contributed by atoms with Crippen LogP contribution in [0.1, 0.15) is 17.5 Å². The van der Waals surface area contributed by atoms with Crippen molar-refractivity contribution in [1.82, 2.24) is 5.32 Å². The molecule has 0 radical (unpaired) electrons. The maximum atomic E-state index is 11.7. The first kappa shape index (κ1) is 11.9. The van der Waals surface area contributed by atoms with Crippen LogP contribution in [0.3, 0.4) is 0 Å². The molecule has 92 valence electrons. The zero-order valence-corrected chi connectivity index (χ0v) is 10.2. The second-order valence-corrected chi connectivity index (χ2v) is 4.54. The van der Waals surface area contributed by atoms with Crippen molar-refractivity contribution in [3.63, 3.8) is 0 Å². The van der Waals surface area contributed by atoms with Crippen LogP contribution in [0, 0.1) is 13.8 Å². The second-order valence-electron chi connectivity index (χ2n) is 4.54. The smallest absolute Gasteiger partial charge is 0.319 e. The molecule has 0 saturated carbocycles. The first-order valence-corrected chi connectivity index (χ1v) is 5.87. The van der Waals surface area contributed by atoms with Crippen LogP contribution in [0.15, 0.2) is 18.2 Å². The summed E-state index contributed by atoms with van der Waals surface area (Å²) >= 11 is 0. The summed E-state index contributed by atoms with van der Waals surface area (Å²) in [7, 11) is 0. The standard InChI is InChI=1S/C13H18N2O2/c1-9-5-10(2)7-12(6-9)15-13(16)14-11-3-4-17-8-11/h5-7,11H,3-4,8H2,1-2H3,(H2,14,15,16). The van der Waals surface area contributed by atoms with E-state index < -0.39 is 0 Å². The van der Waals surface area contributed by atoms with Crippen LogP contribution in [0.4, 0.5) is 10.5 Å². The maximum Gasteiger partial charge on any atom is 0.319 e. The maximum absolute atomic E-state index is 11.7. The molecule has 0 spiro atoms. The summed E-state index contributed by atoms with van der Waals surface area (Å²) in [6, 6.07) is 5.97. The van der Waals surface area contributed by atoms with Crippen LogP contribution in [0.5, 0.6) is 0 Å². The Morgan fingerprint density at radius 1 is 1.29 bits per heavy atom. The lowest BCUT2D eigenvalue weighted by molar-refractivity contribution is 0.189. The van der Waals surface area contributed by atoms with Gasteiger partial charge in [0.2, 0.25) is 0 Å². The largest absolute Gasteiger partial charge is 0.379 e. The third-order valence-corrected chi connectivity index (χ3v) is 2.74. The Hall–Kier alpha value is -1.55. The number of urea groups is 1. The molecule has 1 atom stereocenters. The second kappa shape index (κ2) is 5.19. The van der Waals surface area contributed by atoms with E-state index in [1.807, 2.05) is 26.0 Å². The highest BCUT2D eigenvalue weighted by atomic mass is 16.5. The van der Waals surface area contributed by atoms with Crippen LogP contribution >= 0.6 is 0 Å². The molecule has 1 aromatic rings.